The zero-order valence-corrected chi connectivity index (χ0v) is 11.7. The van der Waals surface area contributed by atoms with Gasteiger partial charge in [0.25, 0.3) is 0 Å². The summed E-state index contributed by atoms with van der Waals surface area (Å²) in [6.45, 7) is 1.86. The molecule has 0 spiro atoms. The maximum Gasteiger partial charge on any atom is 0.416 e. The predicted octanol–water partition coefficient (Wildman–Crippen LogP) is 4.64. The van der Waals surface area contributed by atoms with E-state index in [1.165, 1.54) is 18.2 Å². The number of aliphatic carboxylic acids is 1. The molecule has 0 saturated heterocycles. The summed E-state index contributed by atoms with van der Waals surface area (Å²) in [6, 6.07) is 11.3. The highest BCUT2D eigenvalue weighted by atomic mass is 19.4. The molecule has 5 heteroatoms. The quantitative estimate of drug-likeness (QED) is 0.662. The molecule has 2 aromatic rings. The van der Waals surface area contributed by atoms with Gasteiger partial charge in [0, 0.05) is 0 Å². The molecule has 0 aliphatic carbocycles. The van der Waals surface area contributed by atoms with Crippen molar-refractivity contribution in [1.29, 1.82) is 0 Å². The minimum absolute atomic E-state index is 0.0562. The molecule has 0 amide bonds. The van der Waals surface area contributed by atoms with Crippen molar-refractivity contribution in [3.63, 3.8) is 0 Å². The van der Waals surface area contributed by atoms with Crippen molar-refractivity contribution in [2.24, 2.45) is 0 Å². The van der Waals surface area contributed by atoms with Crippen LogP contribution in [0.1, 0.15) is 22.3 Å². The summed E-state index contributed by atoms with van der Waals surface area (Å²) in [5.74, 6) is -1.19. The zero-order chi connectivity index (χ0) is 16.3. The highest BCUT2D eigenvalue weighted by Gasteiger charge is 2.30. The van der Waals surface area contributed by atoms with Crippen LogP contribution in [-0.2, 0) is 11.0 Å². The summed E-state index contributed by atoms with van der Waals surface area (Å²) >= 11 is 0. The number of carboxylic acids is 1. The SMILES string of the molecule is Cc1ccc(/C(=C/c2cccc(C(F)(F)F)c2)C(=O)O)cc1. The average Bonchev–Trinajstić information content (AvgIpc) is 2.45. The van der Waals surface area contributed by atoms with E-state index in [9.17, 15) is 23.1 Å². The highest BCUT2D eigenvalue weighted by Crippen LogP contribution is 2.30. The molecular weight excluding hydrogens is 293 g/mol. The number of carboxylic acid groups (broad SMARTS) is 1. The van der Waals surface area contributed by atoms with E-state index in [0.717, 1.165) is 17.7 Å². The molecule has 0 fully saturated rings. The molecule has 0 atom stereocenters. The molecule has 0 aromatic heterocycles. The molecule has 2 aromatic carbocycles. The van der Waals surface area contributed by atoms with Gasteiger partial charge in [-0.3, -0.25) is 0 Å². The molecule has 0 heterocycles. The van der Waals surface area contributed by atoms with E-state index in [1.54, 1.807) is 24.3 Å². The lowest BCUT2D eigenvalue weighted by atomic mass is 10.0. The Kier molecular flexibility index (Phi) is 4.35. The van der Waals surface area contributed by atoms with Gasteiger partial charge in [-0.25, -0.2) is 4.79 Å². The van der Waals surface area contributed by atoms with Crippen molar-refractivity contribution in [3.8, 4) is 0 Å². The topological polar surface area (TPSA) is 37.3 Å². The van der Waals surface area contributed by atoms with Gasteiger partial charge in [0.15, 0.2) is 0 Å². The van der Waals surface area contributed by atoms with E-state index >= 15 is 0 Å². The smallest absolute Gasteiger partial charge is 0.416 e. The molecule has 2 nitrogen and oxygen atoms in total. The Balaban J connectivity index is 2.47. The summed E-state index contributed by atoms with van der Waals surface area (Å²) in [4.78, 5) is 11.4. The van der Waals surface area contributed by atoms with Crippen molar-refractivity contribution in [2.45, 2.75) is 13.1 Å². The van der Waals surface area contributed by atoms with Crippen LogP contribution in [0.3, 0.4) is 0 Å². The monoisotopic (exact) mass is 306 g/mol. The maximum absolute atomic E-state index is 12.7. The zero-order valence-electron chi connectivity index (χ0n) is 11.7. The number of hydrogen-bond acceptors (Lipinski definition) is 1. The van der Waals surface area contributed by atoms with Crippen LogP contribution in [0.15, 0.2) is 48.5 Å². The van der Waals surface area contributed by atoms with Crippen LogP contribution < -0.4 is 0 Å². The number of carbonyl (C=O) groups is 1. The second-order valence-corrected chi connectivity index (χ2v) is 4.85. The van der Waals surface area contributed by atoms with Gasteiger partial charge in [0.05, 0.1) is 11.1 Å². The third-order valence-corrected chi connectivity index (χ3v) is 3.12. The largest absolute Gasteiger partial charge is 0.478 e. The summed E-state index contributed by atoms with van der Waals surface area (Å²) in [6.07, 6.45) is -3.22. The summed E-state index contributed by atoms with van der Waals surface area (Å²) in [7, 11) is 0. The Morgan fingerprint density at radius 1 is 1.09 bits per heavy atom. The van der Waals surface area contributed by atoms with Crippen molar-refractivity contribution < 1.29 is 23.1 Å². The fraction of sp³-hybridized carbons (Fsp3) is 0.118. The first-order chi connectivity index (χ1) is 10.3. The summed E-state index contributed by atoms with van der Waals surface area (Å²) < 4.78 is 38.1. The number of aryl methyl sites for hydroxylation is 1. The van der Waals surface area contributed by atoms with E-state index in [4.69, 9.17) is 0 Å². The summed E-state index contributed by atoms with van der Waals surface area (Å²) in [5.41, 5.74) is 0.727. The fourth-order valence-electron chi connectivity index (χ4n) is 1.97. The van der Waals surface area contributed by atoms with E-state index in [1.807, 2.05) is 6.92 Å². The first-order valence-corrected chi connectivity index (χ1v) is 6.46. The number of hydrogen-bond donors (Lipinski definition) is 1. The molecule has 0 radical (unpaired) electrons. The molecular formula is C17H13F3O2. The van der Waals surface area contributed by atoms with Crippen molar-refractivity contribution >= 4 is 17.6 Å². The van der Waals surface area contributed by atoms with Gasteiger partial charge >= 0.3 is 12.1 Å². The van der Waals surface area contributed by atoms with Gasteiger partial charge in [0.2, 0.25) is 0 Å². The third kappa shape index (κ3) is 3.75. The van der Waals surface area contributed by atoms with Crippen LogP contribution in [0.4, 0.5) is 13.2 Å². The van der Waals surface area contributed by atoms with Crippen molar-refractivity contribution in [2.75, 3.05) is 0 Å². The standard InChI is InChI=1S/C17H13F3O2/c1-11-5-7-13(8-6-11)15(16(21)22)10-12-3-2-4-14(9-12)17(18,19)20/h2-10H,1H3,(H,21,22)/b15-10-. The second kappa shape index (κ2) is 6.05. The van der Waals surface area contributed by atoms with Crippen LogP contribution in [-0.4, -0.2) is 11.1 Å². The maximum atomic E-state index is 12.7. The third-order valence-electron chi connectivity index (χ3n) is 3.12. The Morgan fingerprint density at radius 2 is 1.73 bits per heavy atom. The Bertz CT molecular complexity index is 713. The van der Waals surface area contributed by atoms with E-state index in [0.29, 0.717) is 5.56 Å². The predicted molar refractivity (Wildman–Crippen MR) is 78.1 cm³/mol. The Hall–Kier alpha value is -2.56. The normalized spacial score (nSPS) is 12.3. The minimum atomic E-state index is -4.46. The lowest BCUT2D eigenvalue weighted by Gasteiger charge is -2.08. The van der Waals surface area contributed by atoms with Gasteiger partial charge in [0.1, 0.15) is 0 Å². The van der Waals surface area contributed by atoms with Gasteiger partial charge in [-0.15, -0.1) is 0 Å². The fourth-order valence-corrected chi connectivity index (χ4v) is 1.97. The van der Waals surface area contributed by atoms with Crippen LogP contribution in [0.25, 0.3) is 11.6 Å². The number of benzene rings is 2. The molecule has 114 valence electrons. The molecule has 0 aliphatic heterocycles. The first-order valence-electron chi connectivity index (χ1n) is 6.46. The van der Waals surface area contributed by atoms with Crippen LogP contribution >= 0.6 is 0 Å². The average molecular weight is 306 g/mol. The van der Waals surface area contributed by atoms with E-state index < -0.39 is 17.7 Å². The van der Waals surface area contributed by atoms with Crippen molar-refractivity contribution in [3.05, 3.63) is 70.8 Å². The molecule has 0 unspecified atom stereocenters. The van der Waals surface area contributed by atoms with Gasteiger partial charge in [-0.05, 0) is 36.3 Å². The van der Waals surface area contributed by atoms with Crippen molar-refractivity contribution in [1.82, 2.24) is 0 Å². The van der Waals surface area contributed by atoms with Gasteiger partial charge < -0.3 is 5.11 Å². The van der Waals surface area contributed by atoms with Crippen LogP contribution in [0, 0.1) is 6.92 Å². The van der Waals surface area contributed by atoms with Crippen LogP contribution in [0.2, 0.25) is 0 Å². The van der Waals surface area contributed by atoms with E-state index in [-0.39, 0.29) is 11.1 Å². The van der Waals surface area contributed by atoms with Crippen LogP contribution in [0.5, 0.6) is 0 Å². The summed E-state index contributed by atoms with van der Waals surface area (Å²) in [5, 5.41) is 9.30. The lowest BCUT2D eigenvalue weighted by molar-refractivity contribution is -0.137. The number of rotatable bonds is 3. The first kappa shape index (κ1) is 15.8. The van der Waals surface area contributed by atoms with Gasteiger partial charge in [-0.1, -0.05) is 42.0 Å². The molecule has 0 aliphatic rings. The molecule has 0 saturated carbocycles. The second-order valence-electron chi connectivity index (χ2n) is 4.85. The molecule has 0 bridgehead atoms. The highest BCUT2D eigenvalue weighted by molar-refractivity contribution is 6.20. The van der Waals surface area contributed by atoms with E-state index in [2.05, 4.69) is 0 Å². The molecule has 22 heavy (non-hydrogen) atoms. The Morgan fingerprint density at radius 3 is 2.27 bits per heavy atom. The molecule has 1 N–H and O–H groups in total. The molecule has 2 rings (SSSR count). The Labute approximate surface area is 125 Å². The number of alkyl halides is 3. The van der Waals surface area contributed by atoms with Gasteiger partial charge in [-0.2, -0.15) is 13.2 Å². The number of halogens is 3. The lowest BCUT2D eigenvalue weighted by Crippen LogP contribution is -2.05. The minimum Gasteiger partial charge on any atom is -0.478 e.